The van der Waals surface area contributed by atoms with Crippen molar-refractivity contribution in [2.75, 3.05) is 30.7 Å². The Morgan fingerprint density at radius 3 is 2.55 bits per heavy atom. The quantitative estimate of drug-likeness (QED) is 0.818. The number of nitrogens with zero attached hydrogens (tertiary/aromatic N) is 1. The maximum Gasteiger partial charge on any atom is 0.401 e. The van der Waals surface area contributed by atoms with E-state index in [0.29, 0.717) is 11.4 Å². The van der Waals surface area contributed by atoms with Gasteiger partial charge >= 0.3 is 6.18 Å². The van der Waals surface area contributed by atoms with E-state index in [0.717, 1.165) is 10.5 Å². The van der Waals surface area contributed by atoms with Gasteiger partial charge in [0.25, 0.3) is 0 Å². The average molecular weight is 289 g/mol. The van der Waals surface area contributed by atoms with Crippen LogP contribution in [0.25, 0.3) is 0 Å². The van der Waals surface area contributed by atoms with E-state index < -0.39 is 18.6 Å². The van der Waals surface area contributed by atoms with Crippen LogP contribution in [0.2, 0.25) is 0 Å². The summed E-state index contributed by atoms with van der Waals surface area (Å²) in [7, 11) is 0. The van der Waals surface area contributed by atoms with Crippen LogP contribution in [-0.4, -0.2) is 36.6 Å². The zero-order chi connectivity index (χ0) is 15.3. The van der Waals surface area contributed by atoms with Crippen molar-refractivity contribution in [2.45, 2.75) is 20.0 Å². The molecule has 1 aromatic carbocycles. The highest BCUT2D eigenvalue weighted by Crippen LogP contribution is 2.18. The molecule has 4 nitrogen and oxygen atoms in total. The lowest BCUT2D eigenvalue weighted by molar-refractivity contribution is -0.147. The molecule has 20 heavy (non-hydrogen) atoms. The highest BCUT2D eigenvalue weighted by atomic mass is 19.4. The second-order valence-electron chi connectivity index (χ2n) is 4.54. The van der Waals surface area contributed by atoms with Crippen molar-refractivity contribution in [1.82, 2.24) is 4.90 Å². The molecule has 0 spiro atoms. The summed E-state index contributed by atoms with van der Waals surface area (Å²) in [6.45, 7) is 2.08. The summed E-state index contributed by atoms with van der Waals surface area (Å²) in [6, 6.07) is 4.93. The van der Waals surface area contributed by atoms with E-state index >= 15 is 0 Å². The molecule has 0 aliphatic heterocycles. The molecule has 0 aliphatic rings. The molecule has 0 saturated carbocycles. The topological polar surface area (TPSA) is 58.4 Å². The van der Waals surface area contributed by atoms with E-state index in [9.17, 15) is 18.0 Å². The van der Waals surface area contributed by atoms with Gasteiger partial charge in [-0.3, -0.25) is 9.69 Å². The average Bonchev–Trinajstić information content (AvgIpc) is 2.30. The van der Waals surface area contributed by atoms with Crippen LogP contribution in [0.15, 0.2) is 18.2 Å². The van der Waals surface area contributed by atoms with Crippen LogP contribution in [0, 0.1) is 6.92 Å². The number of halogens is 3. The molecule has 0 atom stereocenters. The first-order valence-corrected chi connectivity index (χ1v) is 6.16. The number of rotatable bonds is 5. The number of nitrogens with two attached hydrogens (primary N) is 1. The van der Waals surface area contributed by atoms with Gasteiger partial charge in [0.1, 0.15) is 0 Å². The van der Waals surface area contributed by atoms with Gasteiger partial charge in [0.2, 0.25) is 5.91 Å². The molecule has 7 heteroatoms. The Kier molecular flexibility index (Phi) is 5.38. The monoisotopic (exact) mass is 289 g/mol. The summed E-state index contributed by atoms with van der Waals surface area (Å²) >= 11 is 0. The molecule has 0 fully saturated rings. The number of carbonyl (C=O) groups excluding carboxylic acids is 1. The van der Waals surface area contributed by atoms with Crippen LogP contribution in [0.4, 0.5) is 24.5 Å². The maximum absolute atomic E-state index is 12.3. The van der Waals surface area contributed by atoms with Gasteiger partial charge in [0, 0.05) is 11.4 Å². The van der Waals surface area contributed by atoms with Gasteiger partial charge in [0.15, 0.2) is 0 Å². The molecule has 3 N–H and O–H groups in total. The van der Waals surface area contributed by atoms with Crippen LogP contribution in [0.3, 0.4) is 0 Å². The molecule has 1 rings (SSSR count). The number of amides is 1. The molecule has 1 amide bonds. The molecule has 1 aromatic rings. The minimum atomic E-state index is -4.31. The minimum absolute atomic E-state index is 0.146. The van der Waals surface area contributed by atoms with Crippen molar-refractivity contribution in [3.63, 3.8) is 0 Å². The lowest BCUT2D eigenvalue weighted by atomic mass is 10.2. The maximum atomic E-state index is 12.3. The largest absolute Gasteiger partial charge is 0.401 e. The number of anilines is 2. The Morgan fingerprint density at radius 1 is 1.40 bits per heavy atom. The molecule has 112 valence electrons. The van der Waals surface area contributed by atoms with Crippen LogP contribution < -0.4 is 11.1 Å². The number of carbonyl (C=O) groups is 1. The third-order valence-corrected chi connectivity index (χ3v) is 2.74. The molecule has 0 bridgehead atoms. The predicted molar refractivity (Wildman–Crippen MR) is 72.4 cm³/mol. The highest BCUT2D eigenvalue weighted by Gasteiger charge is 2.30. The summed E-state index contributed by atoms with van der Waals surface area (Å²) in [5.74, 6) is -0.482. The summed E-state index contributed by atoms with van der Waals surface area (Å²) in [5.41, 5.74) is 7.46. The van der Waals surface area contributed by atoms with Crippen LogP contribution in [0.1, 0.15) is 12.5 Å². The smallest absolute Gasteiger partial charge is 0.399 e. The summed E-state index contributed by atoms with van der Waals surface area (Å²) < 4.78 is 36.9. The van der Waals surface area contributed by atoms with Crippen molar-refractivity contribution < 1.29 is 18.0 Å². The van der Waals surface area contributed by atoms with Gasteiger partial charge in [-0.05, 0) is 37.2 Å². The zero-order valence-electron chi connectivity index (χ0n) is 11.4. The third kappa shape index (κ3) is 5.48. The van der Waals surface area contributed by atoms with Gasteiger partial charge in [-0.2, -0.15) is 13.2 Å². The molecular formula is C13H18F3N3O. The lowest BCUT2D eigenvalue weighted by Crippen LogP contribution is -2.39. The fourth-order valence-electron chi connectivity index (χ4n) is 1.75. The Bertz CT molecular complexity index is 474. The number of likely N-dealkylation sites (N-methyl/N-ethyl adjacent to an activating group) is 1. The number of nitrogens with one attached hydrogen (secondary N) is 1. The highest BCUT2D eigenvalue weighted by molar-refractivity contribution is 5.93. The first-order chi connectivity index (χ1) is 9.21. The van der Waals surface area contributed by atoms with Crippen molar-refractivity contribution in [1.29, 1.82) is 0 Å². The minimum Gasteiger partial charge on any atom is -0.399 e. The summed E-state index contributed by atoms with van der Waals surface area (Å²) in [5, 5.41) is 2.58. The van der Waals surface area contributed by atoms with Crippen LogP contribution >= 0.6 is 0 Å². The van der Waals surface area contributed by atoms with Crippen LogP contribution in [0.5, 0.6) is 0 Å². The SMILES string of the molecule is CCN(CC(=O)Nc1ccc(N)cc1C)CC(F)(F)F. The fraction of sp³-hybridized carbons (Fsp3) is 0.462. The predicted octanol–water partition coefficient (Wildman–Crippen LogP) is 2.40. The second-order valence-corrected chi connectivity index (χ2v) is 4.54. The number of nitrogen functional groups attached to an aromatic ring is 1. The first kappa shape index (κ1) is 16.3. The van der Waals surface area contributed by atoms with E-state index in [1.807, 2.05) is 0 Å². The number of hydrogen-bond acceptors (Lipinski definition) is 3. The molecule has 0 unspecified atom stereocenters. The van der Waals surface area contributed by atoms with Gasteiger partial charge in [-0.15, -0.1) is 0 Å². The van der Waals surface area contributed by atoms with E-state index in [1.165, 1.54) is 0 Å². The second kappa shape index (κ2) is 6.60. The molecule has 0 heterocycles. The van der Waals surface area contributed by atoms with E-state index in [-0.39, 0.29) is 13.1 Å². The fourth-order valence-corrected chi connectivity index (χ4v) is 1.75. The number of benzene rings is 1. The standard InChI is InChI=1S/C13H18F3N3O/c1-3-19(8-13(14,15)16)7-12(20)18-11-5-4-10(17)6-9(11)2/h4-6H,3,7-8,17H2,1-2H3,(H,18,20). The Hall–Kier alpha value is -1.76. The number of hydrogen-bond donors (Lipinski definition) is 2. The van der Waals surface area contributed by atoms with Crippen molar-refractivity contribution >= 4 is 17.3 Å². The van der Waals surface area contributed by atoms with Gasteiger partial charge in [-0.25, -0.2) is 0 Å². The third-order valence-electron chi connectivity index (χ3n) is 2.74. The Morgan fingerprint density at radius 2 is 2.05 bits per heavy atom. The number of aryl methyl sites for hydroxylation is 1. The molecule has 0 aliphatic carbocycles. The number of alkyl halides is 3. The van der Waals surface area contributed by atoms with Crippen molar-refractivity contribution in [3.05, 3.63) is 23.8 Å². The normalized spacial score (nSPS) is 11.7. The molecule has 0 radical (unpaired) electrons. The van der Waals surface area contributed by atoms with Gasteiger partial charge in [0.05, 0.1) is 13.1 Å². The van der Waals surface area contributed by atoms with Gasteiger partial charge < -0.3 is 11.1 Å². The zero-order valence-corrected chi connectivity index (χ0v) is 11.4. The van der Waals surface area contributed by atoms with Crippen molar-refractivity contribution in [3.8, 4) is 0 Å². The first-order valence-electron chi connectivity index (χ1n) is 6.16. The van der Waals surface area contributed by atoms with Gasteiger partial charge in [-0.1, -0.05) is 6.92 Å². The molecule has 0 saturated heterocycles. The Labute approximate surface area is 115 Å². The van der Waals surface area contributed by atoms with E-state index in [1.54, 1.807) is 32.0 Å². The van der Waals surface area contributed by atoms with Crippen LogP contribution in [-0.2, 0) is 4.79 Å². The molecular weight excluding hydrogens is 271 g/mol. The summed E-state index contributed by atoms with van der Waals surface area (Å²) in [6.07, 6.45) is -4.31. The van der Waals surface area contributed by atoms with Crippen molar-refractivity contribution in [2.24, 2.45) is 0 Å². The lowest BCUT2D eigenvalue weighted by Gasteiger charge is -2.21. The summed E-state index contributed by atoms with van der Waals surface area (Å²) in [4.78, 5) is 12.8. The molecule has 0 aromatic heterocycles. The Balaban J connectivity index is 2.62. The van der Waals surface area contributed by atoms with E-state index in [4.69, 9.17) is 5.73 Å². The van der Waals surface area contributed by atoms with E-state index in [2.05, 4.69) is 5.32 Å².